The fourth-order valence-corrected chi connectivity index (χ4v) is 2.41. The third-order valence-corrected chi connectivity index (χ3v) is 3.59. The summed E-state index contributed by atoms with van der Waals surface area (Å²) >= 11 is 0. The molecule has 0 saturated carbocycles. The molecule has 0 bridgehead atoms. The first-order chi connectivity index (χ1) is 9.74. The van der Waals surface area contributed by atoms with Crippen LogP contribution in [0.5, 0.6) is 0 Å². The summed E-state index contributed by atoms with van der Waals surface area (Å²) in [6.45, 7) is 3.93. The van der Waals surface area contributed by atoms with Crippen LogP contribution in [0.15, 0.2) is 0 Å². The molecule has 20 heavy (non-hydrogen) atoms. The van der Waals surface area contributed by atoms with Gasteiger partial charge in [-0.3, -0.25) is 4.90 Å². The van der Waals surface area contributed by atoms with E-state index in [4.69, 9.17) is 11.5 Å². The second kappa shape index (κ2) is 14.8. The van der Waals surface area contributed by atoms with Crippen LogP contribution >= 0.6 is 0 Å². The van der Waals surface area contributed by atoms with Gasteiger partial charge in [-0.2, -0.15) is 0 Å². The van der Waals surface area contributed by atoms with Crippen molar-refractivity contribution < 1.29 is 10.2 Å². The highest BCUT2D eigenvalue weighted by Gasteiger charge is 2.10. The van der Waals surface area contributed by atoms with E-state index in [1.165, 1.54) is 44.9 Å². The minimum absolute atomic E-state index is 0.0894. The molecule has 0 radical (unpaired) electrons. The van der Waals surface area contributed by atoms with E-state index in [2.05, 4.69) is 12.8 Å². The van der Waals surface area contributed by atoms with Gasteiger partial charge in [-0.05, 0) is 6.42 Å². The van der Waals surface area contributed by atoms with Crippen LogP contribution in [0.1, 0.15) is 64.7 Å². The van der Waals surface area contributed by atoms with E-state index in [0.29, 0.717) is 19.6 Å². The van der Waals surface area contributed by atoms with Gasteiger partial charge < -0.3 is 10.2 Å². The summed E-state index contributed by atoms with van der Waals surface area (Å²) in [4.78, 5) is 1.93. The fraction of sp³-hybridized carbons (Fsp3) is 0.882. The molecule has 0 aliphatic heterocycles. The van der Waals surface area contributed by atoms with E-state index in [9.17, 15) is 5.11 Å². The summed E-state index contributed by atoms with van der Waals surface area (Å²) in [6, 6.07) is 0. The highest BCUT2D eigenvalue weighted by atomic mass is 16.3. The van der Waals surface area contributed by atoms with Gasteiger partial charge in [-0.25, -0.2) is 0 Å². The van der Waals surface area contributed by atoms with E-state index in [1.54, 1.807) is 0 Å². The Morgan fingerprint density at radius 1 is 1.05 bits per heavy atom. The van der Waals surface area contributed by atoms with E-state index >= 15 is 0 Å². The summed E-state index contributed by atoms with van der Waals surface area (Å²) in [6.07, 6.45) is 16.0. The zero-order valence-electron chi connectivity index (χ0n) is 13.2. The molecule has 0 spiro atoms. The first kappa shape index (κ1) is 19.4. The summed E-state index contributed by atoms with van der Waals surface area (Å²) in [7, 11) is 0. The Balaban J connectivity index is 3.47. The van der Waals surface area contributed by atoms with Gasteiger partial charge in [0.25, 0.3) is 0 Å². The van der Waals surface area contributed by atoms with Gasteiger partial charge in [0.1, 0.15) is 0 Å². The van der Waals surface area contributed by atoms with Gasteiger partial charge in [0.05, 0.1) is 19.3 Å². The third-order valence-electron chi connectivity index (χ3n) is 3.59. The molecule has 0 aliphatic carbocycles. The molecule has 0 fully saturated rings. The Hall–Kier alpha value is -0.560. The SMILES string of the molecule is C#CCN(CCO)CC(O)CCCCCCCCCC. The van der Waals surface area contributed by atoms with Crippen LogP contribution in [0.2, 0.25) is 0 Å². The number of terminal acetylenes is 1. The topological polar surface area (TPSA) is 43.7 Å². The molecule has 0 aromatic carbocycles. The zero-order chi connectivity index (χ0) is 15.1. The summed E-state index contributed by atoms with van der Waals surface area (Å²) in [5, 5.41) is 18.9. The van der Waals surface area contributed by atoms with Crippen LogP contribution in [0, 0.1) is 12.3 Å². The average molecular weight is 283 g/mol. The second-order valence-corrected chi connectivity index (χ2v) is 5.58. The molecule has 1 unspecified atom stereocenters. The summed E-state index contributed by atoms with van der Waals surface area (Å²) < 4.78 is 0. The minimum atomic E-state index is -0.324. The first-order valence-corrected chi connectivity index (χ1v) is 8.19. The molecule has 0 heterocycles. The Bertz CT molecular complexity index is 238. The van der Waals surface area contributed by atoms with Crippen molar-refractivity contribution in [1.82, 2.24) is 4.90 Å². The smallest absolute Gasteiger partial charge is 0.0667 e. The lowest BCUT2D eigenvalue weighted by Crippen LogP contribution is -2.34. The van der Waals surface area contributed by atoms with Crippen molar-refractivity contribution in [1.29, 1.82) is 0 Å². The first-order valence-electron chi connectivity index (χ1n) is 8.19. The van der Waals surface area contributed by atoms with Crippen molar-refractivity contribution >= 4 is 0 Å². The maximum Gasteiger partial charge on any atom is 0.0667 e. The van der Waals surface area contributed by atoms with Gasteiger partial charge in [-0.1, -0.05) is 64.2 Å². The summed E-state index contributed by atoms with van der Waals surface area (Å²) in [5.74, 6) is 2.56. The lowest BCUT2D eigenvalue weighted by Gasteiger charge is -2.22. The van der Waals surface area contributed by atoms with E-state index in [1.807, 2.05) is 4.90 Å². The van der Waals surface area contributed by atoms with Crippen LogP contribution in [0.4, 0.5) is 0 Å². The second-order valence-electron chi connectivity index (χ2n) is 5.58. The van der Waals surface area contributed by atoms with Crippen molar-refractivity contribution in [3.63, 3.8) is 0 Å². The number of hydrogen-bond acceptors (Lipinski definition) is 3. The number of aliphatic hydroxyl groups excluding tert-OH is 2. The van der Waals surface area contributed by atoms with Crippen molar-refractivity contribution in [3.8, 4) is 12.3 Å². The number of hydrogen-bond donors (Lipinski definition) is 2. The van der Waals surface area contributed by atoms with Gasteiger partial charge >= 0.3 is 0 Å². The fourth-order valence-electron chi connectivity index (χ4n) is 2.41. The number of unbranched alkanes of at least 4 members (excludes halogenated alkanes) is 7. The lowest BCUT2D eigenvalue weighted by atomic mass is 10.1. The Labute approximate surface area is 125 Å². The van der Waals surface area contributed by atoms with Gasteiger partial charge in [0, 0.05) is 13.1 Å². The minimum Gasteiger partial charge on any atom is -0.395 e. The number of rotatable bonds is 14. The van der Waals surface area contributed by atoms with Crippen LogP contribution in [-0.2, 0) is 0 Å². The molecule has 0 aromatic rings. The molecule has 0 aromatic heterocycles. The standard InChI is InChI=1S/C17H33NO2/c1-3-5-6-7-8-9-10-11-12-17(20)16-18(13-4-2)14-15-19/h2,17,19-20H,3,5-16H2,1H3. The Morgan fingerprint density at radius 2 is 1.65 bits per heavy atom. The summed E-state index contributed by atoms with van der Waals surface area (Å²) in [5.41, 5.74) is 0. The van der Waals surface area contributed by atoms with E-state index in [0.717, 1.165) is 12.8 Å². The highest BCUT2D eigenvalue weighted by Crippen LogP contribution is 2.11. The van der Waals surface area contributed by atoms with Crippen LogP contribution < -0.4 is 0 Å². The molecular weight excluding hydrogens is 250 g/mol. The van der Waals surface area contributed by atoms with Crippen LogP contribution in [0.25, 0.3) is 0 Å². The molecule has 3 heteroatoms. The van der Waals surface area contributed by atoms with Crippen molar-refractivity contribution in [2.45, 2.75) is 70.8 Å². The zero-order valence-corrected chi connectivity index (χ0v) is 13.2. The molecule has 1 atom stereocenters. The predicted molar refractivity (Wildman–Crippen MR) is 85.6 cm³/mol. The lowest BCUT2D eigenvalue weighted by molar-refractivity contribution is 0.0989. The van der Waals surface area contributed by atoms with E-state index < -0.39 is 0 Å². The maximum atomic E-state index is 9.95. The van der Waals surface area contributed by atoms with Gasteiger partial charge in [0.15, 0.2) is 0 Å². The molecule has 2 N–H and O–H groups in total. The highest BCUT2D eigenvalue weighted by molar-refractivity contribution is 4.88. The molecule has 0 amide bonds. The molecular formula is C17H33NO2. The van der Waals surface area contributed by atoms with Gasteiger partial charge in [0.2, 0.25) is 0 Å². The normalized spacial score (nSPS) is 12.6. The average Bonchev–Trinajstić information content (AvgIpc) is 2.42. The van der Waals surface area contributed by atoms with Crippen LogP contribution in [0.3, 0.4) is 0 Å². The maximum absolute atomic E-state index is 9.95. The van der Waals surface area contributed by atoms with Crippen molar-refractivity contribution in [2.24, 2.45) is 0 Å². The monoisotopic (exact) mass is 283 g/mol. The predicted octanol–water partition coefficient (Wildman–Crippen LogP) is 2.81. The van der Waals surface area contributed by atoms with Crippen molar-refractivity contribution in [3.05, 3.63) is 0 Å². The quantitative estimate of drug-likeness (QED) is 0.380. The Kier molecular flexibility index (Phi) is 14.4. The van der Waals surface area contributed by atoms with Gasteiger partial charge in [-0.15, -0.1) is 6.42 Å². The Morgan fingerprint density at radius 3 is 2.20 bits per heavy atom. The molecule has 0 aliphatic rings. The molecule has 3 nitrogen and oxygen atoms in total. The molecule has 0 saturated heterocycles. The van der Waals surface area contributed by atoms with E-state index in [-0.39, 0.29) is 12.7 Å². The largest absolute Gasteiger partial charge is 0.395 e. The number of aliphatic hydroxyl groups is 2. The van der Waals surface area contributed by atoms with Crippen molar-refractivity contribution in [2.75, 3.05) is 26.2 Å². The molecule has 0 rings (SSSR count). The molecule has 118 valence electrons. The third kappa shape index (κ3) is 12.5. The number of nitrogens with zero attached hydrogens (tertiary/aromatic N) is 1. The van der Waals surface area contributed by atoms with Crippen LogP contribution in [-0.4, -0.2) is 47.5 Å².